The van der Waals surface area contributed by atoms with E-state index in [0.717, 1.165) is 31.5 Å². The van der Waals surface area contributed by atoms with Crippen molar-refractivity contribution in [3.63, 3.8) is 0 Å². The molecule has 2 aromatic carbocycles. The molecule has 0 radical (unpaired) electrons. The minimum absolute atomic E-state index is 0.182. The smallest absolute Gasteiger partial charge is 0.0813 e. The van der Waals surface area contributed by atoms with Gasteiger partial charge in [0.1, 0.15) is 0 Å². The lowest BCUT2D eigenvalue weighted by atomic mass is 9.97. The van der Waals surface area contributed by atoms with Crippen LogP contribution in [0.25, 0.3) is 0 Å². The topological polar surface area (TPSA) is 24.8 Å². The van der Waals surface area contributed by atoms with Gasteiger partial charge in [0.15, 0.2) is 0 Å². The van der Waals surface area contributed by atoms with E-state index in [2.05, 4.69) is 61.3 Å². The van der Waals surface area contributed by atoms with Gasteiger partial charge in [0, 0.05) is 19.9 Å². The Balaban J connectivity index is 1.84. The Morgan fingerprint density at radius 3 is 2.32 bits per heavy atom. The molecule has 0 saturated heterocycles. The molecule has 1 unspecified atom stereocenters. The molecule has 3 nitrogen and oxygen atoms in total. The molecule has 3 heteroatoms. The second-order valence-electron chi connectivity index (χ2n) is 6.93. The highest BCUT2D eigenvalue weighted by Crippen LogP contribution is 2.19. The molecule has 0 bridgehead atoms. The van der Waals surface area contributed by atoms with Gasteiger partial charge in [-0.15, -0.1) is 0 Å². The van der Waals surface area contributed by atoms with Crippen molar-refractivity contribution in [1.29, 1.82) is 0 Å². The number of hydrogen-bond donors (Lipinski definition) is 0. The monoisotopic (exact) mass is 338 g/mol. The first-order chi connectivity index (χ1) is 12.1. The molecule has 1 atom stereocenters. The third-order valence-electron chi connectivity index (χ3n) is 4.33. The van der Waals surface area contributed by atoms with Crippen molar-refractivity contribution >= 4 is 6.21 Å². The summed E-state index contributed by atoms with van der Waals surface area (Å²) >= 11 is 0. The third-order valence-corrected chi connectivity index (χ3v) is 4.33. The van der Waals surface area contributed by atoms with Crippen LogP contribution in [-0.4, -0.2) is 44.0 Å². The van der Waals surface area contributed by atoms with Crippen LogP contribution >= 0.6 is 0 Å². The summed E-state index contributed by atoms with van der Waals surface area (Å²) in [5.74, 6) is 0. The van der Waals surface area contributed by atoms with E-state index in [1.165, 1.54) is 5.56 Å². The van der Waals surface area contributed by atoms with Crippen LogP contribution in [0.4, 0.5) is 0 Å². The van der Waals surface area contributed by atoms with Gasteiger partial charge in [-0.3, -0.25) is 4.99 Å². The molecule has 134 valence electrons. The summed E-state index contributed by atoms with van der Waals surface area (Å²) in [5, 5.41) is 0. The fourth-order valence-corrected chi connectivity index (χ4v) is 2.96. The van der Waals surface area contributed by atoms with Crippen molar-refractivity contribution in [1.82, 2.24) is 4.90 Å². The highest BCUT2D eigenvalue weighted by atomic mass is 16.5. The Hall–Kier alpha value is -1.97. The molecule has 0 heterocycles. The molecule has 0 fully saturated rings. The maximum atomic E-state index is 5.42. The number of aliphatic imine (C=N–C) groups is 1. The summed E-state index contributed by atoms with van der Waals surface area (Å²) in [4.78, 5) is 7.19. The predicted octanol–water partition coefficient (Wildman–Crippen LogP) is 4.42. The van der Waals surface area contributed by atoms with Crippen molar-refractivity contribution in [3.8, 4) is 0 Å². The molecule has 25 heavy (non-hydrogen) atoms. The summed E-state index contributed by atoms with van der Waals surface area (Å²) in [6, 6.07) is 20.8. The van der Waals surface area contributed by atoms with Crippen LogP contribution < -0.4 is 0 Å². The molecule has 0 spiro atoms. The van der Waals surface area contributed by atoms with Crippen molar-refractivity contribution < 1.29 is 4.74 Å². The van der Waals surface area contributed by atoms with Crippen LogP contribution in [0.3, 0.4) is 0 Å². The minimum Gasteiger partial charge on any atom is -0.382 e. The van der Waals surface area contributed by atoms with E-state index >= 15 is 0 Å². The van der Waals surface area contributed by atoms with Crippen LogP contribution in [0.1, 0.15) is 30.9 Å². The van der Waals surface area contributed by atoms with Gasteiger partial charge in [0.25, 0.3) is 0 Å². The molecule has 0 amide bonds. The van der Waals surface area contributed by atoms with Crippen LogP contribution in [0.5, 0.6) is 0 Å². The van der Waals surface area contributed by atoms with Gasteiger partial charge in [-0.1, -0.05) is 60.7 Å². The first kappa shape index (κ1) is 19.4. The lowest BCUT2D eigenvalue weighted by Crippen LogP contribution is -2.30. The molecular weight excluding hydrogens is 308 g/mol. The van der Waals surface area contributed by atoms with Gasteiger partial charge in [0.05, 0.1) is 12.1 Å². The first-order valence-corrected chi connectivity index (χ1v) is 8.93. The number of rotatable bonds is 10. The van der Waals surface area contributed by atoms with E-state index in [1.807, 2.05) is 24.4 Å². The summed E-state index contributed by atoms with van der Waals surface area (Å²) in [6.07, 6.45) is 4.06. The summed E-state index contributed by atoms with van der Waals surface area (Å²) < 4.78 is 5.42. The fraction of sp³-hybridized carbons (Fsp3) is 0.409. The highest BCUT2D eigenvalue weighted by Gasteiger charge is 2.22. The maximum Gasteiger partial charge on any atom is 0.0813 e. The lowest BCUT2D eigenvalue weighted by molar-refractivity contribution is 0.134. The van der Waals surface area contributed by atoms with E-state index in [0.29, 0.717) is 6.61 Å². The maximum absolute atomic E-state index is 5.42. The minimum atomic E-state index is -0.182. The Kier molecular flexibility index (Phi) is 7.83. The lowest BCUT2D eigenvalue weighted by Gasteiger charge is -2.26. The van der Waals surface area contributed by atoms with Gasteiger partial charge < -0.3 is 9.64 Å². The van der Waals surface area contributed by atoms with Crippen LogP contribution in [0.15, 0.2) is 65.7 Å². The second kappa shape index (κ2) is 10.1. The van der Waals surface area contributed by atoms with Crippen LogP contribution in [0.2, 0.25) is 0 Å². The molecular formula is C22H30N2O. The fourth-order valence-electron chi connectivity index (χ4n) is 2.96. The molecule has 0 saturated carbocycles. The summed E-state index contributed by atoms with van der Waals surface area (Å²) in [6.45, 7) is 4.84. The van der Waals surface area contributed by atoms with Gasteiger partial charge in [-0.2, -0.15) is 0 Å². The summed E-state index contributed by atoms with van der Waals surface area (Å²) in [7, 11) is 3.92. The third kappa shape index (κ3) is 7.20. The van der Waals surface area contributed by atoms with Crippen molar-refractivity contribution in [2.45, 2.75) is 31.8 Å². The zero-order chi connectivity index (χ0) is 18.0. The molecule has 2 aromatic rings. The number of methoxy groups -OCH3 is 1. The molecule has 0 N–H and O–H groups in total. The number of nitrogens with zero attached hydrogens (tertiary/aromatic N) is 2. The Labute approximate surface area is 152 Å². The van der Waals surface area contributed by atoms with E-state index < -0.39 is 0 Å². The average Bonchev–Trinajstić information content (AvgIpc) is 2.62. The quantitative estimate of drug-likeness (QED) is 0.599. The SMILES string of the molecule is COCC(C)(CCCN(C)Cc1ccccc1)N=Cc1ccccc1. The van der Waals surface area contributed by atoms with E-state index in [1.54, 1.807) is 7.11 Å². The number of hydrogen-bond acceptors (Lipinski definition) is 3. The van der Waals surface area contributed by atoms with E-state index in [4.69, 9.17) is 9.73 Å². The molecule has 2 rings (SSSR count). The average molecular weight is 338 g/mol. The normalized spacial score (nSPS) is 14.1. The second-order valence-corrected chi connectivity index (χ2v) is 6.93. The van der Waals surface area contributed by atoms with Crippen molar-refractivity contribution in [3.05, 3.63) is 71.8 Å². The zero-order valence-electron chi connectivity index (χ0n) is 15.7. The Bertz CT molecular complexity index is 627. The Morgan fingerprint density at radius 1 is 1.04 bits per heavy atom. The molecule has 0 aromatic heterocycles. The van der Waals surface area contributed by atoms with Gasteiger partial charge in [-0.25, -0.2) is 0 Å². The largest absolute Gasteiger partial charge is 0.382 e. The van der Waals surface area contributed by atoms with Crippen molar-refractivity contribution in [2.75, 3.05) is 27.3 Å². The molecule has 0 aliphatic heterocycles. The van der Waals surface area contributed by atoms with Gasteiger partial charge in [-0.05, 0) is 44.5 Å². The number of ether oxygens (including phenoxy) is 1. The first-order valence-electron chi connectivity index (χ1n) is 8.93. The van der Waals surface area contributed by atoms with Crippen LogP contribution in [0, 0.1) is 0 Å². The zero-order valence-corrected chi connectivity index (χ0v) is 15.7. The standard InChI is InChI=1S/C22H30N2O/c1-22(19-25-3,23-17-20-11-6-4-7-12-20)15-10-16-24(2)18-21-13-8-5-9-14-21/h4-9,11-14,17H,10,15-16,18-19H2,1-3H3. The van der Waals surface area contributed by atoms with Crippen molar-refractivity contribution in [2.24, 2.45) is 4.99 Å². The van der Waals surface area contributed by atoms with Gasteiger partial charge >= 0.3 is 0 Å². The summed E-state index contributed by atoms with van der Waals surface area (Å²) in [5.41, 5.74) is 2.30. The van der Waals surface area contributed by atoms with E-state index in [9.17, 15) is 0 Å². The predicted molar refractivity (Wildman–Crippen MR) is 106 cm³/mol. The van der Waals surface area contributed by atoms with Crippen LogP contribution in [-0.2, 0) is 11.3 Å². The molecule has 0 aliphatic rings. The Morgan fingerprint density at radius 2 is 1.68 bits per heavy atom. The highest BCUT2D eigenvalue weighted by molar-refractivity contribution is 5.79. The molecule has 0 aliphatic carbocycles. The van der Waals surface area contributed by atoms with E-state index in [-0.39, 0.29) is 5.54 Å². The number of benzene rings is 2. The van der Waals surface area contributed by atoms with Gasteiger partial charge in [0.2, 0.25) is 0 Å².